The summed E-state index contributed by atoms with van der Waals surface area (Å²) in [6.45, 7) is 0. The first-order valence-electron chi connectivity index (χ1n) is 20.4. The highest BCUT2D eigenvalue weighted by Crippen LogP contribution is 2.48. The lowest BCUT2D eigenvalue weighted by atomic mass is 9.98. The van der Waals surface area contributed by atoms with Crippen molar-refractivity contribution >= 4 is 120 Å². The average molecular weight is 747 g/mol. The van der Waals surface area contributed by atoms with Crippen LogP contribution in [0.3, 0.4) is 0 Å². The molecule has 0 N–H and O–H groups in total. The first-order chi connectivity index (χ1) is 29.3. The van der Waals surface area contributed by atoms with E-state index in [0.29, 0.717) is 0 Å². The van der Waals surface area contributed by atoms with Crippen molar-refractivity contribution in [1.82, 2.24) is 18.4 Å². The summed E-state index contributed by atoms with van der Waals surface area (Å²) in [5.41, 5.74) is 14.1. The van der Waals surface area contributed by atoms with E-state index >= 15 is 0 Å². The lowest BCUT2D eigenvalue weighted by Gasteiger charge is -2.09. The van der Waals surface area contributed by atoms with Gasteiger partial charge in [0.15, 0.2) is 0 Å². The third-order valence-electron chi connectivity index (χ3n) is 13.4. The highest BCUT2D eigenvalue weighted by atomic mass is 15.0. The molecule has 15 rings (SSSR count). The summed E-state index contributed by atoms with van der Waals surface area (Å²) in [5.74, 6) is 0. The number of benzene rings is 9. The van der Waals surface area contributed by atoms with Gasteiger partial charge in [-0.05, 0) is 81.7 Å². The van der Waals surface area contributed by atoms with Crippen molar-refractivity contribution in [2.24, 2.45) is 0 Å². The number of aromatic nitrogens is 4. The van der Waals surface area contributed by atoms with Crippen molar-refractivity contribution in [2.75, 3.05) is 0 Å². The Morgan fingerprint density at radius 2 is 0.966 bits per heavy atom. The molecule has 0 bridgehead atoms. The van der Waals surface area contributed by atoms with Crippen molar-refractivity contribution < 1.29 is 0 Å². The van der Waals surface area contributed by atoms with Crippen LogP contribution in [0.1, 0.15) is 0 Å². The van der Waals surface area contributed by atoms with Crippen molar-refractivity contribution in [1.29, 1.82) is 0 Å². The Morgan fingerprint density at radius 3 is 1.78 bits per heavy atom. The topological polar surface area (TPSA) is 26.6 Å². The smallest absolute Gasteiger partial charge is 0.146 e. The van der Waals surface area contributed by atoms with Gasteiger partial charge >= 0.3 is 0 Å². The summed E-state index contributed by atoms with van der Waals surface area (Å²) in [4.78, 5) is 5.83. The normalized spacial score (nSPS) is 12.7. The van der Waals surface area contributed by atoms with Gasteiger partial charge in [-0.25, -0.2) is 4.98 Å². The Balaban J connectivity index is 1.12. The van der Waals surface area contributed by atoms with E-state index in [2.05, 4.69) is 195 Å². The average Bonchev–Trinajstić information content (AvgIpc) is 4.08. The standard InChI is InChI=1S/C55H30N4/c1-2-15-34(16-3-1)57-45-23-10-8-19-38(45)41-27-33(25-26-47(41)57)37-21-12-22-39-42-28-31-13-4-7-18-36(31)50-43-30-48-51(56-55(43)59(52(37)39)53(42)50)44-29-32-14-5-6-17-35(32)49-40-20-9-11-24-46(40)58(48)54(44)49/h1-30H. The summed E-state index contributed by atoms with van der Waals surface area (Å²) in [6, 6.07) is 67.2. The molecule has 4 nitrogen and oxygen atoms in total. The molecule has 6 heterocycles. The van der Waals surface area contributed by atoms with Crippen LogP contribution in [-0.4, -0.2) is 18.4 Å². The van der Waals surface area contributed by atoms with Gasteiger partial charge in [-0.15, -0.1) is 0 Å². The minimum absolute atomic E-state index is 1.00. The molecule has 0 aliphatic carbocycles. The number of rotatable bonds is 2. The van der Waals surface area contributed by atoms with E-state index in [-0.39, 0.29) is 0 Å². The summed E-state index contributed by atoms with van der Waals surface area (Å²) in [6.07, 6.45) is 0. The Hall–Kier alpha value is -7.95. The molecule has 270 valence electrons. The summed E-state index contributed by atoms with van der Waals surface area (Å²) in [7, 11) is 0. The van der Waals surface area contributed by atoms with Gasteiger partial charge in [0.1, 0.15) is 5.65 Å². The van der Waals surface area contributed by atoms with E-state index in [4.69, 9.17) is 4.98 Å². The van der Waals surface area contributed by atoms with E-state index in [1.165, 1.54) is 114 Å². The molecule has 0 aliphatic rings. The predicted octanol–water partition coefficient (Wildman–Crippen LogP) is 14.5. The number of para-hydroxylation sites is 4. The minimum Gasteiger partial charge on any atom is -0.309 e. The quantitative estimate of drug-likeness (QED) is 0.173. The van der Waals surface area contributed by atoms with Crippen LogP contribution in [0.4, 0.5) is 0 Å². The lowest BCUT2D eigenvalue weighted by molar-refractivity contribution is 1.18. The highest BCUT2D eigenvalue weighted by Gasteiger charge is 2.27. The molecule has 0 atom stereocenters. The second-order valence-electron chi connectivity index (χ2n) is 16.3. The monoisotopic (exact) mass is 746 g/mol. The van der Waals surface area contributed by atoms with Gasteiger partial charge in [0.2, 0.25) is 0 Å². The number of fused-ring (bicyclic) bond motifs is 19. The summed E-state index contributed by atoms with van der Waals surface area (Å²) >= 11 is 0. The van der Waals surface area contributed by atoms with Crippen LogP contribution in [0.25, 0.3) is 137 Å². The van der Waals surface area contributed by atoms with Gasteiger partial charge in [0.05, 0.1) is 44.1 Å². The van der Waals surface area contributed by atoms with Crippen LogP contribution in [0, 0.1) is 0 Å². The molecule has 4 heteroatoms. The fraction of sp³-hybridized carbons (Fsp3) is 0. The Kier molecular flexibility index (Phi) is 5.38. The Morgan fingerprint density at radius 1 is 0.339 bits per heavy atom. The first kappa shape index (κ1) is 30.2. The van der Waals surface area contributed by atoms with Gasteiger partial charge in [0.25, 0.3) is 0 Å². The lowest BCUT2D eigenvalue weighted by Crippen LogP contribution is -1.93. The number of hydrogen-bond acceptors (Lipinski definition) is 1. The van der Waals surface area contributed by atoms with Crippen molar-refractivity contribution in [3.8, 4) is 16.8 Å². The predicted molar refractivity (Wildman–Crippen MR) is 248 cm³/mol. The summed E-state index contributed by atoms with van der Waals surface area (Å²) < 4.78 is 7.37. The molecule has 9 aromatic carbocycles. The SMILES string of the molecule is c1ccc(-n2c3ccccc3c3cc(-c4cccc5c6cc7ccccc7c7c8cc9c(nc8n(c45)c67)c4cc5ccccc5c5c6ccccc6n9c45)ccc32)cc1. The maximum absolute atomic E-state index is 5.83. The van der Waals surface area contributed by atoms with Crippen LogP contribution in [-0.2, 0) is 0 Å². The maximum atomic E-state index is 5.83. The molecule has 59 heavy (non-hydrogen) atoms. The van der Waals surface area contributed by atoms with Gasteiger partial charge in [-0.3, -0.25) is 4.40 Å². The van der Waals surface area contributed by atoms with Gasteiger partial charge in [-0.1, -0.05) is 127 Å². The van der Waals surface area contributed by atoms with Gasteiger partial charge in [0, 0.05) is 59.7 Å². The van der Waals surface area contributed by atoms with E-state index in [0.717, 1.165) is 22.4 Å². The molecule has 6 aromatic heterocycles. The summed E-state index contributed by atoms with van der Waals surface area (Å²) in [5, 5.41) is 16.2. The van der Waals surface area contributed by atoms with Gasteiger partial charge < -0.3 is 8.97 Å². The number of nitrogens with zero attached hydrogens (tertiary/aromatic N) is 4. The van der Waals surface area contributed by atoms with Crippen molar-refractivity contribution in [3.63, 3.8) is 0 Å². The molecule has 0 saturated heterocycles. The van der Waals surface area contributed by atoms with E-state index in [1.54, 1.807) is 0 Å². The minimum atomic E-state index is 1.00. The Labute approximate surface area is 335 Å². The zero-order chi connectivity index (χ0) is 38.1. The van der Waals surface area contributed by atoms with Crippen molar-refractivity contribution in [3.05, 3.63) is 182 Å². The fourth-order valence-electron chi connectivity index (χ4n) is 11.1. The zero-order valence-electron chi connectivity index (χ0n) is 31.6. The van der Waals surface area contributed by atoms with Crippen LogP contribution in [0.2, 0.25) is 0 Å². The second kappa shape index (κ2) is 10.5. The van der Waals surface area contributed by atoms with Crippen LogP contribution in [0.5, 0.6) is 0 Å². The molecule has 0 amide bonds. The third-order valence-corrected chi connectivity index (χ3v) is 13.4. The zero-order valence-corrected chi connectivity index (χ0v) is 31.6. The first-order valence-corrected chi connectivity index (χ1v) is 20.4. The van der Waals surface area contributed by atoms with E-state index in [1.807, 2.05) is 0 Å². The molecule has 0 radical (unpaired) electrons. The molecular formula is C55H30N4. The van der Waals surface area contributed by atoms with Crippen LogP contribution < -0.4 is 0 Å². The number of hydrogen-bond donors (Lipinski definition) is 0. The maximum Gasteiger partial charge on any atom is 0.146 e. The molecular weight excluding hydrogens is 717 g/mol. The number of pyridine rings is 1. The van der Waals surface area contributed by atoms with Crippen LogP contribution >= 0.6 is 0 Å². The molecule has 0 fully saturated rings. The molecule has 0 unspecified atom stereocenters. The molecule has 0 saturated carbocycles. The highest BCUT2D eigenvalue weighted by molar-refractivity contribution is 6.35. The molecule has 0 spiro atoms. The van der Waals surface area contributed by atoms with Crippen LogP contribution in [0.15, 0.2) is 182 Å². The molecule has 0 aliphatic heterocycles. The molecule has 15 aromatic rings. The second-order valence-corrected chi connectivity index (χ2v) is 16.3. The fourth-order valence-corrected chi connectivity index (χ4v) is 11.1. The van der Waals surface area contributed by atoms with E-state index < -0.39 is 0 Å². The van der Waals surface area contributed by atoms with E-state index in [9.17, 15) is 0 Å². The largest absolute Gasteiger partial charge is 0.309 e. The van der Waals surface area contributed by atoms with Gasteiger partial charge in [-0.2, -0.15) is 0 Å². The Bertz CT molecular complexity index is 4300. The third kappa shape index (κ3) is 3.60. The van der Waals surface area contributed by atoms with Crippen molar-refractivity contribution in [2.45, 2.75) is 0 Å².